The highest BCUT2D eigenvalue weighted by molar-refractivity contribution is 5.47. The second-order valence-corrected chi connectivity index (χ2v) is 4.23. The quantitative estimate of drug-likeness (QED) is 0.613. The lowest BCUT2D eigenvalue weighted by Crippen LogP contribution is -2.11. The van der Waals surface area contributed by atoms with E-state index in [1.54, 1.807) is 17.0 Å². The summed E-state index contributed by atoms with van der Waals surface area (Å²) in [6.45, 7) is 6.46. The molecule has 0 N–H and O–H groups in total. The van der Waals surface area contributed by atoms with Gasteiger partial charge in [0.2, 0.25) is 0 Å². The van der Waals surface area contributed by atoms with Crippen LogP contribution in [0.25, 0.3) is 5.52 Å². The monoisotopic (exact) mass is 175 g/mol. The molecule has 0 radical (unpaired) electrons. The molecule has 0 bridgehead atoms. The van der Waals surface area contributed by atoms with Crippen molar-refractivity contribution in [3.8, 4) is 0 Å². The van der Waals surface area contributed by atoms with Crippen molar-refractivity contribution in [1.29, 1.82) is 0 Å². The SMILES string of the molecule is CC(C)(C)c1cc2ccncn2n1. The molecule has 0 spiro atoms. The van der Waals surface area contributed by atoms with E-state index in [0.29, 0.717) is 0 Å². The molecular weight excluding hydrogens is 162 g/mol. The van der Waals surface area contributed by atoms with E-state index in [9.17, 15) is 0 Å². The Morgan fingerprint density at radius 3 is 2.69 bits per heavy atom. The van der Waals surface area contributed by atoms with Gasteiger partial charge < -0.3 is 0 Å². The van der Waals surface area contributed by atoms with Gasteiger partial charge in [-0.1, -0.05) is 20.8 Å². The minimum atomic E-state index is 0.103. The molecule has 0 aliphatic heterocycles. The van der Waals surface area contributed by atoms with Crippen molar-refractivity contribution in [2.75, 3.05) is 0 Å². The Bertz CT molecular complexity index is 390. The van der Waals surface area contributed by atoms with E-state index >= 15 is 0 Å². The molecule has 0 saturated heterocycles. The normalized spacial score (nSPS) is 12.2. The van der Waals surface area contributed by atoms with Crippen LogP contribution in [0.5, 0.6) is 0 Å². The fourth-order valence-corrected chi connectivity index (χ4v) is 1.21. The molecule has 2 aromatic heterocycles. The van der Waals surface area contributed by atoms with Crippen molar-refractivity contribution in [2.24, 2.45) is 0 Å². The molecule has 0 aliphatic rings. The largest absolute Gasteiger partial charge is 0.245 e. The Morgan fingerprint density at radius 1 is 1.31 bits per heavy atom. The van der Waals surface area contributed by atoms with Crippen molar-refractivity contribution in [3.05, 3.63) is 30.4 Å². The van der Waals surface area contributed by atoms with Gasteiger partial charge in [0, 0.05) is 11.6 Å². The van der Waals surface area contributed by atoms with Gasteiger partial charge in [-0.2, -0.15) is 5.10 Å². The molecule has 2 aromatic rings. The van der Waals surface area contributed by atoms with Crippen LogP contribution in [-0.2, 0) is 5.41 Å². The highest BCUT2D eigenvalue weighted by Gasteiger charge is 2.17. The van der Waals surface area contributed by atoms with E-state index in [-0.39, 0.29) is 5.41 Å². The van der Waals surface area contributed by atoms with Gasteiger partial charge in [-0.3, -0.25) is 0 Å². The molecule has 3 heteroatoms. The predicted octanol–water partition coefficient (Wildman–Crippen LogP) is 2.03. The third-order valence-electron chi connectivity index (χ3n) is 2.04. The zero-order valence-electron chi connectivity index (χ0n) is 8.15. The molecular formula is C10H13N3. The number of hydrogen-bond acceptors (Lipinski definition) is 2. The lowest BCUT2D eigenvalue weighted by atomic mass is 9.92. The molecule has 3 nitrogen and oxygen atoms in total. The topological polar surface area (TPSA) is 30.2 Å². The number of aromatic nitrogens is 3. The second-order valence-electron chi connectivity index (χ2n) is 4.23. The van der Waals surface area contributed by atoms with Gasteiger partial charge >= 0.3 is 0 Å². The predicted molar refractivity (Wildman–Crippen MR) is 51.7 cm³/mol. The summed E-state index contributed by atoms with van der Waals surface area (Å²) in [7, 11) is 0. The summed E-state index contributed by atoms with van der Waals surface area (Å²) in [5, 5.41) is 4.44. The minimum absolute atomic E-state index is 0.103. The van der Waals surface area contributed by atoms with Crippen LogP contribution in [-0.4, -0.2) is 14.6 Å². The Balaban J connectivity index is 2.63. The van der Waals surface area contributed by atoms with Crippen molar-refractivity contribution >= 4 is 5.52 Å². The summed E-state index contributed by atoms with van der Waals surface area (Å²) >= 11 is 0. The van der Waals surface area contributed by atoms with Crippen LogP contribution >= 0.6 is 0 Å². The molecule has 0 fully saturated rings. The Labute approximate surface area is 77.4 Å². The lowest BCUT2D eigenvalue weighted by molar-refractivity contribution is 0.562. The number of fused-ring (bicyclic) bond motifs is 1. The van der Waals surface area contributed by atoms with Crippen LogP contribution in [0.1, 0.15) is 26.5 Å². The van der Waals surface area contributed by atoms with Gasteiger partial charge in [0.25, 0.3) is 0 Å². The molecule has 0 amide bonds. The summed E-state index contributed by atoms with van der Waals surface area (Å²) < 4.78 is 1.81. The van der Waals surface area contributed by atoms with Crippen LogP contribution in [0.2, 0.25) is 0 Å². The van der Waals surface area contributed by atoms with Crippen molar-refractivity contribution in [3.63, 3.8) is 0 Å². The average molecular weight is 175 g/mol. The lowest BCUT2D eigenvalue weighted by Gasteiger charge is -2.13. The van der Waals surface area contributed by atoms with Crippen LogP contribution in [0.15, 0.2) is 24.7 Å². The van der Waals surface area contributed by atoms with Gasteiger partial charge in [-0.05, 0) is 12.1 Å². The summed E-state index contributed by atoms with van der Waals surface area (Å²) in [5.74, 6) is 0. The Hall–Kier alpha value is -1.38. The van der Waals surface area contributed by atoms with Crippen LogP contribution in [0.3, 0.4) is 0 Å². The number of hydrogen-bond donors (Lipinski definition) is 0. The smallest absolute Gasteiger partial charge is 0.117 e. The summed E-state index contributed by atoms with van der Waals surface area (Å²) in [6, 6.07) is 4.06. The van der Waals surface area contributed by atoms with Crippen molar-refractivity contribution in [2.45, 2.75) is 26.2 Å². The maximum absolute atomic E-state index is 4.44. The Kier molecular flexibility index (Phi) is 1.62. The highest BCUT2D eigenvalue weighted by atomic mass is 15.2. The van der Waals surface area contributed by atoms with E-state index in [4.69, 9.17) is 0 Å². The van der Waals surface area contributed by atoms with Crippen LogP contribution in [0.4, 0.5) is 0 Å². The molecule has 0 aromatic carbocycles. The first-order valence-corrected chi connectivity index (χ1v) is 4.37. The molecule has 2 rings (SSSR count). The molecule has 2 heterocycles. The molecule has 0 unspecified atom stereocenters. The first kappa shape index (κ1) is 8.23. The van der Waals surface area contributed by atoms with Gasteiger partial charge in [-0.25, -0.2) is 9.50 Å². The zero-order valence-corrected chi connectivity index (χ0v) is 8.15. The zero-order chi connectivity index (χ0) is 9.47. The van der Waals surface area contributed by atoms with E-state index < -0.39 is 0 Å². The average Bonchev–Trinajstić information content (AvgIpc) is 2.45. The standard InChI is InChI=1S/C10H13N3/c1-10(2,3)9-6-8-4-5-11-7-13(8)12-9/h4-7H,1-3H3. The summed E-state index contributed by atoms with van der Waals surface area (Å²) in [6.07, 6.45) is 3.51. The fourth-order valence-electron chi connectivity index (χ4n) is 1.21. The number of nitrogens with zero attached hydrogens (tertiary/aromatic N) is 3. The first-order chi connectivity index (χ1) is 6.07. The third-order valence-corrected chi connectivity index (χ3v) is 2.04. The number of rotatable bonds is 0. The molecule has 0 saturated carbocycles. The van der Waals surface area contributed by atoms with E-state index in [1.165, 1.54) is 0 Å². The van der Waals surface area contributed by atoms with Gasteiger partial charge in [-0.15, -0.1) is 0 Å². The van der Waals surface area contributed by atoms with E-state index in [2.05, 4.69) is 36.9 Å². The van der Waals surface area contributed by atoms with E-state index in [0.717, 1.165) is 11.2 Å². The minimum Gasteiger partial charge on any atom is -0.245 e. The summed E-state index contributed by atoms with van der Waals surface area (Å²) in [4.78, 5) is 4.01. The first-order valence-electron chi connectivity index (χ1n) is 4.37. The molecule has 13 heavy (non-hydrogen) atoms. The van der Waals surface area contributed by atoms with Crippen molar-refractivity contribution in [1.82, 2.24) is 14.6 Å². The maximum Gasteiger partial charge on any atom is 0.117 e. The van der Waals surface area contributed by atoms with Gasteiger partial charge in [0.1, 0.15) is 6.33 Å². The molecule has 68 valence electrons. The van der Waals surface area contributed by atoms with Gasteiger partial charge in [0.05, 0.1) is 11.2 Å². The van der Waals surface area contributed by atoms with Gasteiger partial charge in [0.15, 0.2) is 0 Å². The van der Waals surface area contributed by atoms with E-state index in [1.807, 2.05) is 6.07 Å². The summed E-state index contributed by atoms with van der Waals surface area (Å²) in [5.41, 5.74) is 2.30. The van der Waals surface area contributed by atoms with Crippen LogP contribution < -0.4 is 0 Å². The second kappa shape index (κ2) is 2.55. The van der Waals surface area contributed by atoms with Crippen molar-refractivity contribution < 1.29 is 0 Å². The Morgan fingerprint density at radius 2 is 2.08 bits per heavy atom. The molecule has 0 atom stereocenters. The van der Waals surface area contributed by atoms with Crippen LogP contribution in [0, 0.1) is 0 Å². The fraction of sp³-hybridized carbons (Fsp3) is 0.400. The third kappa shape index (κ3) is 1.41. The molecule has 0 aliphatic carbocycles. The highest BCUT2D eigenvalue weighted by Crippen LogP contribution is 2.21. The maximum atomic E-state index is 4.44.